The predicted molar refractivity (Wildman–Crippen MR) is 59.0 cm³/mol. The van der Waals surface area contributed by atoms with Crippen molar-refractivity contribution in [1.82, 2.24) is 14.8 Å². The first-order valence-electron chi connectivity index (χ1n) is 5.05. The van der Waals surface area contributed by atoms with Gasteiger partial charge in [-0.15, -0.1) is 0 Å². The predicted octanol–water partition coefficient (Wildman–Crippen LogP) is 1.43. The summed E-state index contributed by atoms with van der Waals surface area (Å²) >= 11 is 0. The van der Waals surface area contributed by atoms with Crippen LogP contribution in [0.4, 0.5) is 0 Å². The minimum Gasteiger partial charge on any atom is -0.481 e. The molecule has 0 saturated heterocycles. The van der Waals surface area contributed by atoms with Crippen molar-refractivity contribution in [2.24, 2.45) is 7.05 Å². The molecular formula is C11H13N3O2. The number of hydrogen-bond acceptors (Lipinski definition) is 2. The third kappa shape index (κ3) is 2.13. The van der Waals surface area contributed by atoms with Crippen molar-refractivity contribution in [3.8, 4) is 11.4 Å². The van der Waals surface area contributed by atoms with E-state index in [1.807, 2.05) is 31.6 Å². The van der Waals surface area contributed by atoms with Crippen LogP contribution >= 0.6 is 0 Å². The second-order valence-electron chi connectivity index (χ2n) is 3.65. The highest BCUT2D eigenvalue weighted by molar-refractivity contribution is 5.68. The summed E-state index contributed by atoms with van der Waals surface area (Å²) in [4.78, 5) is 13.6. The highest BCUT2D eigenvalue weighted by Crippen LogP contribution is 2.20. The average Bonchev–Trinajstić information content (AvgIpc) is 2.82. The molecule has 0 amide bonds. The highest BCUT2D eigenvalue weighted by atomic mass is 16.4. The quantitative estimate of drug-likeness (QED) is 0.817. The summed E-state index contributed by atoms with van der Waals surface area (Å²) in [7, 11) is 1.83. The van der Waals surface area contributed by atoms with Gasteiger partial charge in [-0.1, -0.05) is 0 Å². The molecule has 0 atom stereocenters. The van der Waals surface area contributed by atoms with Gasteiger partial charge in [0.25, 0.3) is 0 Å². The number of carbonyl (C=O) groups is 1. The summed E-state index contributed by atoms with van der Waals surface area (Å²) in [5.74, 6) is -0.790. The molecule has 0 aliphatic carbocycles. The molecule has 0 aliphatic heterocycles. The van der Waals surface area contributed by atoms with Gasteiger partial charge in [0.15, 0.2) is 0 Å². The molecule has 16 heavy (non-hydrogen) atoms. The van der Waals surface area contributed by atoms with Gasteiger partial charge in [-0.2, -0.15) is 5.10 Å². The molecule has 5 heteroatoms. The van der Waals surface area contributed by atoms with Crippen molar-refractivity contribution in [2.45, 2.75) is 12.8 Å². The Kier molecular flexibility index (Phi) is 2.76. The SMILES string of the molecule is Cn1cc(CCC(=O)O)c(-c2ccc[nH]2)n1. The number of aryl methyl sites for hydroxylation is 2. The fourth-order valence-electron chi connectivity index (χ4n) is 1.67. The third-order valence-electron chi connectivity index (χ3n) is 2.37. The van der Waals surface area contributed by atoms with E-state index in [0.29, 0.717) is 6.42 Å². The minimum atomic E-state index is -0.790. The fraction of sp³-hybridized carbons (Fsp3) is 0.273. The van der Waals surface area contributed by atoms with Gasteiger partial charge in [0, 0.05) is 31.4 Å². The molecule has 2 aromatic rings. The lowest BCUT2D eigenvalue weighted by Gasteiger charge is -1.97. The number of H-pyrrole nitrogens is 1. The number of aromatic nitrogens is 3. The number of nitrogens with one attached hydrogen (secondary N) is 1. The van der Waals surface area contributed by atoms with E-state index in [1.54, 1.807) is 4.68 Å². The van der Waals surface area contributed by atoms with Crippen LogP contribution in [0.3, 0.4) is 0 Å². The zero-order chi connectivity index (χ0) is 11.5. The molecule has 0 aliphatic rings. The maximum atomic E-state index is 10.5. The standard InChI is InChI=1S/C11H13N3O2/c1-14-7-8(4-5-10(15)16)11(13-14)9-3-2-6-12-9/h2-3,6-7,12H,4-5H2,1H3,(H,15,16). The van der Waals surface area contributed by atoms with E-state index in [-0.39, 0.29) is 6.42 Å². The first kappa shape index (κ1) is 10.5. The van der Waals surface area contributed by atoms with Gasteiger partial charge < -0.3 is 10.1 Å². The Hall–Kier alpha value is -2.04. The van der Waals surface area contributed by atoms with Gasteiger partial charge >= 0.3 is 5.97 Å². The van der Waals surface area contributed by atoms with Crippen molar-refractivity contribution in [3.05, 3.63) is 30.1 Å². The number of rotatable bonds is 4. The maximum Gasteiger partial charge on any atom is 0.303 e. The van der Waals surface area contributed by atoms with Crippen LogP contribution in [0.2, 0.25) is 0 Å². The van der Waals surface area contributed by atoms with E-state index in [9.17, 15) is 4.79 Å². The molecule has 2 N–H and O–H groups in total. The number of carboxylic acids is 1. The molecular weight excluding hydrogens is 206 g/mol. The number of carboxylic acid groups (broad SMARTS) is 1. The fourth-order valence-corrected chi connectivity index (χ4v) is 1.67. The molecule has 2 rings (SSSR count). The topological polar surface area (TPSA) is 70.9 Å². The lowest BCUT2D eigenvalue weighted by Crippen LogP contribution is -1.97. The van der Waals surface area contributed by atoms with Gasteiger partial charge in [-0.25, -0.2) is 0 Å². The van der Waals surface area contributed by atoms with Gasteiger partial charge in [-0.05, 0) is 18.6 Å². The second-order valence-corrected chi connectivity index (χ2v) is 3.65. The molecule has 84 valence electrons. The summed E-state index contributed by atoms with van der Waals surface area (Å²) in [6, 6.07) is 3.82. The van der Waals surface area contributed by atoms with Crippen LogP contribution in [0.1, 0.15) is 12.0 Å². The van der Waals surface area contributed by atoms with E-state index in [4.69, 9.17) is 5.11 Å². The zero-order valence-electron chi connectivity index (χ0n) is 8.97. The lowest BCUT2D eigenvalue weighted by atomic mass is 10.1. The van der Waals surface area contributed by atoms with E-state index < -0.39 is 5.97 Å². The average molecular weight is 219 g/mol. The first-order chi connectivity index (χ1) is 7.66. The minimum absolute atomic E-state index is 0.124. The van der Waals surface area contributed by atoms with Crippen molar-refractivity contribution < 1.29 is 9.90 Å². The van der Waals surface area contributed by atoms with Crippen molar-refractivity contribution >= 4 is 5.97 Å². The smallest absolute Gasteiger partial charge is 0.303 e. The molecule has 0 radical (unpaired) electrons. The van der Waals surface area contributed by atoms with Crippen LogP contribution in [0, 0.1) is 0 Å². The van der Waals surface area contributed by atoms with Crippen LogP contribution in [0.5, 0.6) is 0 Å². The van der Waals surface area contributed by atoms with Crippen molar-refractivity contribution in [2.75, 3.05) is 0 Å². The molecule has 0 spiro atoms. The summed E-state index contributed by atoms with van der Waals surface area (Å²) in [5.41, 5.74) is 2.70. The van der Waals surface area contributed by atoms with E-state index in [1.165, 1.54) is 0 Å². The number of aliphatic carboxylic acids is 1. The molecule has 0 aromatic carbocycles. The summed E-state index contributed by atoms with van der Waals surface area (Å²) in [6.45, 7) is 0. The molecule has 2 heterocycles. The Morgan fingerprint density at radius 2 is 2.44 bits per heavy atom. The molecule has 0 unspecified atom stereocenters. The van der Waals surface area contributed by atoms with Gasteiger partial charge in [-0.3, -0.25) is 9.48 Å². The molecule has 0 bridgehead atoms. The molecule has 5 nitrogen and oxygen atoms in total. The van der Waals surface area contributed by atoms with E-state index >= 15 is 0 Å². The van der Waals surface area contributed by atoms with Crippen LogP contribution < -0.4 is 0 Å². The first-order valence-corrected chi connectivity index (χ1v) is 5.05. The maximum absolute atomic E-state index is 10.5. The van der Waals surface area contributed by atoms with Gasteiger partial charge in [0.05, 0.1) is 5.69 Å². The Balaban J connectivity index is 2.27. The number of nitrogens with zero attached hydrogens (tertiary/aromatic N) is 2. The number of hydrogen-bond donors (Lipinski definition) is 2. The van der Waals surface area contributed by atoms with Gasteiger partial charge in [0.2, 0.25) is 0 Å². The Morgan fingerprint density at radius 1 is 1.62 bits per heavy atom. The summed E-state index contributed by atoms with van der Waals surface area (Å²) < 4.78 is 1.70. The Morgan fingerprint density at radius 3 is 3.06 bits per heavy atom. The molecule has 0 fully saturated rings. The Labute approximate surface area is 92.7 Å². The van der Waals surface area contributed by atoms with Crippen molar-refractivity contribution in [1.29, 1.82) is 0 Å². The van der Waals surface area contributed by atoms with E-state index in [0.717, 1.165) is 17.0 Å². The second kappa shape index (κ2) is 4.22. The van der Waals surface area contributed by atoms with Crippen LogP contribution in [0.15, 0.2) is 24.5 Å². The molecule has 0 saturated carbocycles. The van der Waals surface area contributed by atoms with Crippen molar-refractivity contribution in [3.63, 3.8) is 0 Å². The summed E-state index contributed by atoms with van der Waals surface area (Å²) in [6.07, 6.45) is 4.31. The van der Waals surface area contributed by atoms with Gasteiger partial charge in [0.1, 0.15) is 5.69 Å². The monoisotopic (exact) mass is 219 g/mol. The van der Waals surface area contributed by atoms with Crippen LogP contribution in [0.25, 0.3) is 11.4 Å². The van der Waals surface area contributed by atoms with E-state index in [2.05, 4.69) is 10.1 Å². The third-order valence-corrected chi connectivity index (χ3v) is 2.37. The molecule has 2 aromatic heterocycles. The zero-order valence-corrected chi connectivity index (χ0v) is 8.97. The van der Waals surface area contributed by atoms with Crippen LogP contribution in [-0.4, -0.2) is 25.8 Å². The summed E-state index contributed by atoms with van der Waals surface area (Å²) in [5, 5.41) is 13.0. The lowest BCUT2D eigenvalue weighted by molar-refractivity contribution is -0.136. The normalized spacial score (nSPS) is 10.6. The largest absolute Gasteiger partial charge is 0.481 e. The highest BCUT2D eigenvalue weighted by Gasteiger charge is 2.11. The Bertz CT molecular complexity index is 485. The van der Waals surface area contributed by atoms with Crippen LogP contribution in [-0.2, 0) is 18.3 Å². The number of aromatic amines is 1.